The molecule has 0 N–H and O–H groups in total. The van der Waals surface area contributed by atoms with Crippen LogP contribution in [0.1, 0.15) is 60.6 Å². The maximum atomic E-state index is 6.35. The number of halogens is 2. The number of hydrogen-bond donors (Lipinski definition) is 0. The van der Waals surface area contributed by atoms with Gasteiger partial charge in [0.25, 0.3) is 0 Å². The summed E-state index contributed by atoms with van der Waals surface area (Å²) in [5.74, 6) is 0.964. The second-order valence-electron chi connectivity index (χ2n) is 11.2. The molecule has 3 saturated heterocycles. The van der Waals surface area contributed by atoms with Crippen LogP contribution in [0.25, 0.3) is 0 Å². The number of nitrogens with zero attached hydrogens (tertiary/aromatic N) is 2. The van der Waals surface area contributed by atoms with E-state index in [4.69, 9.17) is 23.2 Å². The van der Waals surface area contributed by atoms with Gasteiger partial charge in [-0.1, -0.05) is 77.8 Å². The first-order valence-corrected chi connectivity index (χ1v) is 14.4. The van der Waals surface area contributed by atoms with Gasteiger partial charge < -0.3 is 0 Å². The Morgan fingerprint density at radius 2 is 1.25 bits per heavy atom. The van der Waals surface area contributed by atoms with Crippen molar-refractivity contribution in [3.8, 4) is 0 Å². The van der Waals surface area contributed by atoms with Crippen LogP contribution in [0.2, 0.25) is 10.0 Å². The van der Waals surface area contributed by atoms with E-state index < -0.39 is 0 Å². The third-order valence-electron chi connectivity index (χ3n) is 9.21. The molecule has 4 fully saturated rings. The number of fused-ring (bicyclic) bond motifs is 4. The zero-order valence-electron chi connectivity index (χ0n) is 21.0. The molecular formula is C32H36Cl2N2. The summed E-state index contributed by atoms with van der Waals surface area (Å²) in [6.45, 7) is 4.76. The SMILES string of the molecule is Clc1ccc(C2CC3(N4CCCC4)CCN(CCc4ccccc4)C2C(c2ccc(Cl)cc2)C3)cc1. The Bertz CT molecular complexity index is 1080. The molecule has 1 saturated carbocycles. The lowest BCUT2D eigenvalue weighted by molar-refractivity contribution is 0.0469. The largest absolute Gasteiger partial charge is 0.299 e. The lowest BCUT2D eigenvalue weighted by Gasteiger charge is -2.52. The fourth-order valence-electron chi connectivity index (χ4n) is 7.47. The fourth-order valence-corrected chi connectivity index (χ4v) is 7.73. The average molecular weight is 520 g/mol. The molecular weight excluding hydrogens is 483 g/mol. The summed E-state index contributed by atoms with van der Waals surface area (Å²) >= 11 is 12.7. The van der Waals surface area contributed by atoms with Gasteiger partial charge in [0.1, 0.15) is 0 Å². The maximum Gasteiger partial charge on any atom is 0.0406 e. The first-order chi connectivity index (χ1) is 17.6. The quantitative estimate of drug-likeness (QED) is 0.328. The second kappa shape index (κ2) is 10.5. The highest BCUT2D eigenvalue weighted by Gasteiger charge is 2.54. The first kappa shape index (κ1) is 24.5. The minimum absolute atomic E-state index is 0.253. The lowest BCUT2D eigenvalue weighted by atomic mass is 9.63. The molecule has 4 aliphatic rings. The molecule has 3 aromatic rings. The van der Waals surface area contributed by atoms with Crippen molar-refractivity contribution in [2.45, 2.75) is 61.9 Å². The van der Waals surface area contributed by atoms with E-state index in [1.807, 2.05) is 0 Å². The maximum absolute atomic E-state index is 6.35. The Hall–Kier alpha value is -1.84. The summed E-state index contributed by atoms with van der Waals surface area (Å²) in [7, 11) is 0. The molecule has 3 heterocycles. The molecule has 2 unspecified atom stereocenters. The van der Waals surface area contributed by atoms with Crippen molar-refractivity contribution < 1.29 is 0 Å². The van der Waals surface area contributed by atoms with Crippen LogP contribution in [-0.4, -0.2) is 47.6 Å². The number of benzene rings is 3. The lowest BCUT2D eigenvalue weighted by Crippen LogP contribution is -2.54. The van der Waals surface area contributed by atoms with Crippen molar-refractivity contribution in [3.63, 3.8) is 0 Å². The molecule has 2 atom stereocenters. The fraction of sp³-hybridized carbons (Fsp3) is 0.438. The van der Waals surface area contributed by atoms with E-state index in [1.54, 1.807) is 0 Å². The van der Waals surface area contributed by atoms with Crippen LogP contribution in [0.3, 0.4) is 0 Å². The van der Waals surface area contributed by atoms with Gasteiger partial charge >= 0.3 is 0 Å². The minimum Gasteiger partial charge on any atom is -0.299 e. The summed E-state index contributed by atoms with van der Waals surface area (Å²) in [5, 5.41) is 1.64. The van der Waals surface area contributed by atoms with Crippen molar-refractivity contribution >= 4 is 23.2 Å². The smallest absolute Gasteiger partial charge is 0.0406 e. The highest BCUT2D eigenvalue weighted by atomic mass is 35.5. The Labute approximate surface area is 226 Å². The Kier molecular flexibility index (Phi) is 7.14. The molecule has 36 heavy (non-hydrogen) atoms. The van der Waals surface area contributed by atoms with Gasteiger partial charge in [-0.2, -0.15) is 0 Å². The van der Waals surface area contributed by atoms with E-state index in [1.165, 1.54) is 68.4 Å². The monoisotopic (exact) mass is 518 g/mol. The van der Waals surface area contributed by atoms with E-state index in [-0.39, 0.29) is 5.54 Å². The first-order valence-electron chi connectivity index (χ1n) is 13.7. The summed E-state index contributed by atoms with van der Waals surface area (Å²) in [6.07, 6.45) is 7.50. The Balaban J connectivity index is 1.43. The van der Waals surface area contributed by atoms with Crippen molar-refractivity contribution in [2.75, 3.05) is 26.2 Å². The molecule has 188 valence electrons. The van der Waals surface area contributed by atoms with Crippen molar-refractivity contribution in [1.29, 1.82) is 0 Å². The van der Waals surface area contributed by atoms with Crippen molar-refractivity contribution in [2.24, 2.45) is 0 Å². The molecule has 2 nitrogen and oxygen atoms in total. The van der Waals surface area contributed by atoms with E-state index in [0.29, 0.717) is 17.9 Å². The molecule has 3 aliphatic heterocycles. The van der Waals surface area contributed by atoms with Crippen LogP contribution in [0.4, 0.5) is 0 Å². The molecule has 1 aliphatic carbocycles. The summed E-state index contributed by atoms with van der Waals surface area (Å²) in [6, 6.07) is 29.0. The Morgan fingerprint density at radius 3 is 1.81 bits per heavy atom. The molecule has 0 aromatic heterocycles. The predicted molar refractivity (Wildman–Crippen MR) is 151 cm³/mol. The average Bonchev–Trinajstić information content (AvgIpc) is 3.36. The van der Waals surface area contributed by atoms with Gasteiger partial charge in [-0.3, -0.25) is 9.80 Å². The van der Waals surface area contributed by atoms with Gasteiger partial charge in [-0.15, -0.1) is 0 Å². The Morgan fingerprint density at radius 1 is 0.694 bits per heavy atom. The van der Waals surface area contributed by atoms with Crippen LogP contribution in [0.15, 0.2) is 78.9 Å². The predicted octanol–water partition coefficient (Wildman–Crippen LogP) is 7.81. The molecule has 0 radical (unpaired) electrons. The molecule has 3 aromatic carbocycles. The molecule has 2 bridgehead atoms. The highest BCUT2D eigenvalue weighted by Crippen LogP contribution is 2.54. The van der Waals surface area contributed by atoms with Gasteiger partial charge in [0.05, 0.1) is 0 Å². The topological polar surface area (TPSA) is 6.48 Å². The van der Waals surface area contributed by atoms with Gasteiger partial charge in [0.2, 0.25) is 0 Å². The van der Waals surface area contributed by atoms with E-state index in [9.17, 15) is 0 Å². The van der Waals surface area contributed by atoms with E-state index >= 15 is 0 Å². The standard InChI is InChI=1S/C32H36Cl2N2/c33-27-12-8-25(9-13-27)29-22-32(36-18-4-5-19-36)17-21-35(20-16-24-6-2-1-3-7-24)31(29)30(23-32)26-10-14-28(34)15-11-26/h1-3,6-15,29-31H,4-5,16-23H2. The van der Waals surface area contributed by atoms with Crippen molar-refractivity contribution in [1.82, 2.24) is 9.80 Å². The normalized spacial score (nSPS) is 28.9. The van der Waals surface area contributed by atoms with Crippen LogP contribution < -0.4 is 0 Å². The number of hydrogen-bond acceptors (Lipinski definition) is 2. The molecule has 7 rings (SSSR count). The minimum atomic E-state index is 0.253. The zero-order chi connectivity index (χ0) is 24.5. The van der Waals surface area contributed by atoms with Crippen LogP contribution in [0.5, 0.6) is 0 Å². The number of likely N-dealkylation sites (tertiary alicyclic amines) is 1. The van der Waals surface area contributed by atoms with E-state index in [2.05, 4.69) is 88.7 Å². The highest BCUT2D eigenvalue weighted by molar-refractivity contribution is 6.30. The number of rotatable bonds is 6. The molecule has 0 spiro atoms. The van der Waals surface area contributed by atoms with Gasteiger partial charge in [0, 0.05) is 46.6 Å². The van der Waals surface area contributed by atoms with Gasteiger partial charge in [-0.25, -0.2) is 0 Å². The molecule has 0 amide bonds. The summed E-state index contributed by atoms with van der Waals surface area (Å²) in [5.41, 5.74) is 4.57. The third-order valence-corrected chi connectivity index (χ3v) is 9.72. The van der Waals surface area contributed by atoms with E-state index in [0.717, 1.165) is 23.0 Å². The van der Waals surface area contributed by atoms with Gasteiger partial charge in [-0.05, 0) is 92.6 Å². The van der Waals surface area contributed by atoms with Crippen LogP contribution >= 0.6 is 23.2 Å². The summed E-state index contributed by atoms with van der Waals surface area (Å²) < 4.78 is 0. The van der Waals surface area contributed by atoms with Crippen molar-refractivity contribution in [3.05, 3.63) is 106 Å². The van der Waals surface area contributed by atoms with Crippen LogP contribution in [-0.2, 0) is 6.42 Å². The third kappa shape index (κ3) is 4.86. The van der Waals surface area contributed by atoms with Gasteiger partial charge in [0.15, 0.2) is 0 Å². The molecule has 4 heteroatoms. The second-order valence-corrected chi connectivity index (χ2v) is 12.0. The zero-order valence-corrected chi connectivity index (χ0v) is 22.5. The van der Waals surface area contributed by atoms with Crippen LogP contribution in [0, 0.1) is 0 Å². The summed E-state index contributed by atoms with van der Waals surface area (Å²) in [4.78, 5) is 5.71.